The molecule has 4 nitrogen and oxygen atoms in total. The van der Waals surface area contributed by atoms with E-state index in [1.54, 1.807) is 0 Å². The Labute approximate surface area is 114 Å². The fraction of sp³-hybridized carbons (Fsp3) is 0.462. The first kappa shape index (κ1) is 14.6. The van der Waals surface area contributed by atoms with Crippen molar-refractivity contribution in [2.75, 3.05) is 5.43 Å². The van der Waals surface area contributed by atoms with E-state index in [0.29, 0.717) is 5.92 Å². The minimum Gasteiger partial charge on any atom is -0.349 e. The van der Waals surface area contributed by atoms with Gasteiger partial charge in [0.1, 0.15) is 0 Å². The number of alkyl halides is 3. The van der Waals surface area contributed by atoms with E-state index >= 15 is 0 Å². The van der Waals surface area contributed by atoms with E-state index in [1.807, 2.05) is 5.43 Å². The largest absolute Gasteiger partial charge is 0.418 e. The number of nitrogens with two attached hydrogens (primary N) is 1. The molecule has 0 aliphatic heterocycles. The molecular weight excluding hydrogens is 271 g/mol. The maximum Gasteiger partial charge on any atom is 0.418 e. The number of para-hydroxylation sites is 1. The standard InChI is InChI=1S/C13H16F3N3O/c1-7-5-8(6-7)18-12(20)9-3-2-4-10(11(9)19-17)13(14,15)16/h2-4,7-8,19H,5-6,17H2,1H3,(H,18,20). The lowest BCUT2D eigenvalue weighted by atomic mass is 9.82. The Morgan fingerprint density at radius 2 is 2.00 bits per heavy atom. The van der Waals surface area contributed by atoms with Crippen LogP contribution in [0.1, 0.15) is 35.7 Å². The zero-order chi connectivity index (χ0) is 14.9. The predicted molar refractivity (Wildman–Crippen MR) is 68.9 cm³/mol. The molecule has 1 saturated carbocycles. The predicted octanol–water partition coefficient (Wildman–Crippen LogP) is 2.52. The maximum absolute atomic E-state index is 12.8. The lowest BCUT2D eigenvalue weighted by Gasteiger charge is -2.33. The monoisotopic (exact) mass is 287 g/mol. The summed E-state index contributed by atoms with van der Waals surface area (Å²) in [5.74, 6) is 5.15. The smallest absolute Gasteiger partial charge is 0.349 e. The highest BCUT2D eigenvalue weighted by Crippen LogP contribution is 2.36. The summed E-state index contributed by atoms with van der Waals surface area (Å²) in [5.41, 5.74) is 0.546. The quantitative estimate of drug-likeness (QED) is 0.591. The average molecular weight is 287 g/mol. The Kier molecular flexibility index (Phi) is 3.89. The Hall–Kier alpha value is -1.76. The molecule has 1 amide bonds. The van der Waals surface area contributed by atoms with Crippen LogP contribution in [0.15, 0.2) is 18.2 Å². The third-order valence-electron chi connectivity index (χ3n) is 3.47. The Morgan fingerprint density at radius 3 is 2.50 bits per heavy atom. The van der Waals surface area contributed by atoms with E-state index in [4.69, 9.17) is 5.84 Å². The third-order valence-corrected chi connectivity index (χ3v) is 3.47. The van der Waals surface area contributed by atoms with Crippen molar-refractivity contribution < 1.29 is 18.0 Å². The summed E-state index contributed by atoms with van der Waals surface area (Å²) >= 11 is 0. The van der Waals surface area contributed by atoms with Crippen LogP contribution in [-0.2, 0) is 6.18 Å². The summed E-state index contributed by atoms with van der Waals surface area (Å²) < 4.78 is 38.5. The number of benzene rings is 1. The molecule has 1 fully saturated rings. The molecule has 0 bridgehead atoms. The van der Waals surface area contributed by atoms with Gasteiger partial charge >= 0.3 is 6.18 Å². The first-order chi connectivity index (χ1) is 9.32. The van der Waals surface area contributed by atoms with Crippen molar-refractivity contribution >= 4 is 11.6 Å². The van der Waals surface area contributed by atoms with Crippen LogP contribution in [0.3, 0.4) is 0 Å². The van der Waals surface area contributed by atoms with Gasteiger partial charge in [-0.25, -0.2) is 0 Å². The highest BCUT2D eigenvalue weighted by atomic mass is 19.4. The molecule has 1 aliphatic rings. The number of nitrogen functional groups attached to an aromatic ring is 1. The molecule has 0 aromatic heterocycles. The molecule has 0 spiro atoms. The number of anilines is 1. The van der Waals surface area contributed by atoms with Gasteiger partial charge in [-0.2, -0.15) is 13.2 Å². The molecule has 0 heterocycles. The highest BCUT2D eigenvalue weighted by Gasteiger charge is 2.35. The van der Waals surface area contributed by atoms with Gasteiger partial charge in [0.15, 0.2) is 0 Å². The van der Waals surface area contributed by atoms with Crippen molar-refractivity contribution in [3.05, 3.63) is 29.3 Å². The first-order valence-electron chi connectivity index (χ1n) is 6.30. The molecule has 0 radical (unpaired) electrons. The SMILES string of the molecule is CC1CC(NC(=O)c2cccc(C(F)(F)F)c2NN)C1. The number of amides is 1. The molecular formula is C13H16F3N3O. The maximum atomic E-state index is 12.8. The summed E-state index contributed by atoms with van der Waals surface area (Å²) in [6.07, 6.45) is -2.88. The zero-order valence-corrected chi connectivity index (χ0v) is 10.9. The van der Waals surface area contributed by atoms with Gasteiger partial charge in [-0.05, 0) is 30.9 Å². The second-order valence-electron chi connectivity index (χ2n) is 5.12. The van der Waals surface area contributed by atoms with Gasteiger partial charge in [0.05, 0.1) is 16.8 Å². The van der Waals surface area contributed by atoms with Gasteiger partial charge in [0.25, 0.3) is 5.91 Å². The molecule has 0 unspecified atom stereocenters. The molecule has 1 aromatic rings. The number of halogens is 3. The lowest BCUT2D eigenvalue weighted by molar-refractivity contribution is -0.137. The molecule has 7 heteroatoms. The van der Waals surface area contributed by atoms with Crippen molar-refractivity contribution in [2.24, 2.45) is 11.8 Å². The summed E-state index contributed by atoms with van der Waals surface area (Å²) in [5, 5.41) is 2.71. The molecule has 0 atom stereocenters. The van der Waals surface area contributed by atoms with Crippen molar-refractivity contribution in [3.63, 3.8) is 0 Å². The van der Waals surface area contributed by atoms with Crippen LogP contribution in [0.2, 0.25) is 0 Å². The van der Waals surface area contributed by atoms with Crippen LogP contribution >= 0.6 is 0 Å². The van der Waals surface area contributed by atoms with Crippen LogP contribution in [0, 0.1) is 5.92 Å². The Morgan fingerprint density at radius 1 is 1.35 bits per heavy atom. The number of rotatable bonds is 3. The lowest BCUT2D eigenvalue weighted by Crippen LogP contribution is -2.43. The highest BCUT2D eigenvalue weighted by molar-refractivity contribution is 6.00. The number of hydrazine groups is 1. The van der Waals surface area contributed by atoms with Crippen molar-refractivity contribution in [2.45, 2.75) is 32.0 Å². The van der Waals surface area contributed by atoms with Crippen molar-refractivity contribution in [1.82, 2.24) is 5.32 Å². The van der Waals surface area contributed by atoms with Crippen LogP contribution in [0.5, 0.6) is 0 Å². The summed E-state index contributed by atoms with van der Waals surface area (Å²) in [6.45, 7) is 2.06. The number of hydrogen-bond donors (Lipinski definition) is 3. The van der Waals surface area contributed by atoms with Gasteiger partial charge in [-0.3, -0.25) is 10.6 Å². The molecule has 1 aliphatic carbocycles. The zero-order valence-electron chi connectivity index (χ0n) is 10.9. The van der Waals surface area contributed by atoms with E-state index in [2.05, 4.69) is 12.2 Å². The third kappa shape index (κ3) is 2.87. The minimum atomic E-state index is -4.57. The fourth-order valence-electron chi connectivity index (χ4n) is 2.42. The van der Waals surface area contributed by atoms with E-state index in [1.165, 1.54) is 12.1 Å². The van der Waals surface area contributed by atoms with Crippen LogP contribution in [0.25, 0.3) is 0 Å². The fourth-order valence-corrected chi connectivity index (χ4v) is 2.42. The van der Waals surface area contributed by atoms with Gasteiger partial charge in [0.2, 0.25) is 0 Å². The van der Waals surface area contributed by atoms with Gasteiger partial charge in [-0.15, -0.1) is 0 Å². The van der Waals surface area contributed by atoms with E-state index in [-0.39, 0.29) is 11.6 Å². The molecule has 20 heavy (non-hydrogen) atoms. The van der Waals surface area contributed by atoms with Gasteiger partial charge in [0, 0.05) is 6.04 Å². The van der Waals surface area contributed by atoms with E-state index in [0.717, 1.165) is 18.9 Å². The van der Waals surface area contributed by atoms with Gasteiger partial charge in [-0.1, -0.05) is 13.0 Å². The second kappa shape index (κ2) is 5.32. The topological polar surface area (TPSA) is 67.2 Å². The number of carbonyl (C=O) groups excluding carboxylic acids is 1. The van der Waals surface area contributed by atoms with Crippen molar-refractivity contribution in [3.8, 4) is 0 Å². The van der Waals surface area contributed by atoms with Crippen LogP contribution in [0.4, 0.5) is 18.9 Å². The van der Waals surface area contributed by atoms with E-state index in [9.17, 15) is 18.0 Å². The summed E-state index contributed by atoms with van der Waals surface area (Å²) in [4.78, 5) is 12.0. The van der Waals surface area contributed by atoms with Crippen LogP contribution < -0.4 is 16.6 Å². The molecule has 1 aromatic carbocycles. The summed E-state index contributed by atoms with van der Waals surface area (Å²) in [7, 11) is 0. The number of carbonyl (C=O) groups is 1. The molecule has 4 N–H and O–H groups in total. The molecule has 110 valence electrons. The Balaban J connectivity index is 2.24. The van der Waals surface area contributed by atoms with Crippen LogP contribution in [-0.4, -0.2) is 11.9 Å². The molecule has 2 rings (SSSR count). The number of nitrogens with one attached hydrogen (secondary N) is 2. The van der Waals surface area contributed by atoms with Crippen molar-refractivity contribution in [1.29, 1.82) is 0 Å². The van der Waals surface area contributed by atoms with E-state index < -0.39 is 23.3 Å². The summed E-state index contributed by atoms with van der Waals surface area (Å²) in [6, 6.07) is 3.43. The average Bonchev–Trinajstić information content (AvgIpc) is 2.34. The normalized spacial score (nSPS) is 22.1. The minimum absolute atomic E-state index is 0.0256. The second-order valence-corrected chi connectivity index (χ2v) is 5.12. The van der Waals surface area contributed by atoms with Gasteiger partial charge < -0.3 is 10.7 Å². The first-order valence-corrected chi connectivity index (χ1v) is 6.30. The number of hydrogen-bond acceptors (Lipinski definition) is 3. The molecule has 0 saturated heterocycles. The Bertz CT molecular complexity index is 510.